The highest BCUT2D eigenvalue weighted by Crippen LogP contribution is 2.67. The lowest BCUT2D eigenvalue weighted by Crippen LogP contribution is -2.28. The Bertz CT molecular complexity index is 213. The Labute approximate surface area is 98.4 Å². The Morgan fingerprint density at radius 2 is 1.80 bits per heavy atom. The number of hydrogen-bond donors (Lipinski definition) is 0. The molecule has 4 radical (unpaired) electrons. The quantitative estimate of drug-likeness (QED) is 0.597. The fourth-order valence-electron chi connectivity index (χ4n) is 3.34. The van der Waals surface area contributed by atoms with Crippen molar-refractivity contribution in [2.75, 3.05) is 0 Å². The van der Waals surface area contributed by atoms with Crippen molar-refractivity contribution in [3.8, 4) is 0 Å². The van der Waals surface area contributed by atoms with Crippen molar-refractivity contribution in [1.29, 1.82) is 0 Å². The molecule has 0 heterocycles. The largest absolute Gasteiger partial charge is 0.0774 e. The molecule has 1 aliphatic carbocycles. The van der Waals surface area contributed by atoms with Gasteiger partial charge in [-0.05, 0) is 23.7 Å². The monoisotopic (exact) mass is 202 g/mol. The van der Waals surface area contributed by atoms with Gasteiger partial charge in [0.2, 0.25) is 0 Å². The Morgan fingerprint density at radius 3 is 2.07 bits per heavy atom. The highest BCUT2D eigenvalue weighted by atomic mass is 14.6. The van der Waals surface area contributed by atoms with Crippen LogP contribution in [0.1, 0.15) is 47.5 Å². The van der Waals surface area contributed by atoms with Crippen LogP contribution in [-0.4, -0.2) is 15.7 Å². The summed E-state index contributed by atoms with van der Waals surface area (Å²) in [6, 6.07) is 0. The van der Waals surface area contributed by atoms with Gasteiger partial charge in [-0.15, -0.1) is 0 Å². The molecule has 15 heavy (non-hydrogen) atoms. The molecule has 82 valence electrons. The van der Waals surface area contributed by atoms with Gasteiger partial charge >= 0.3 is 0 Å². The van der Waals surface area contributed by atoms with Crippen LogP contribution in [0.5, 0.6) is 0 Å². The molecule has 1 rings (SSSR count). The van der Waals surface area contributed by atoms with Crippen LogP contribution in [0.15, 0.2) is 0 Å². The van der Waals surface area contributed by atoms with E-state index in [1.165, 1.54) is 12.8 Å². The molecule has 5 atom stereocenters. The van der Waals surface area contributed by atoms with E-state index in [1.807, 2.05) is 0 Å². The lowest BCUT2D eigenvalue weighted by atomic mass is 9.57. The third kappa shape index (κ3) is 2.45. The van der Waals surface area contributed by atoms with Gasteiger partial charge in [0.05, 0.1) is 15.7 Å². The predicted molar refractivity (Wildman–Crippen MR) is 69.5 cm³/mol. The zero-order valence-corrected chi connectivity index (χ0v) is 11.0. The Hall–Kier alpha value is 0.130. The van der Waals surface area contributed by atoms with Gasteiger partial charge in [-0.3, -0.25) is 0 Å². The summed E-state index contributed by atoms with van der Waals surface area (Å²) in [6.07, 6.45) is 2.41. The topological polar surface area (TPSA) is 0 Å². The van der Waals surface area contributed by atoms with Crippen LogP contribution in [0.2, 0.25) is 11.1 Å². The molecule has 0 aliphatic heterocycles. The molecule has 1 aliphatic rings. The van der Waals surface area contributed by atoms with E-state index in [0.29, 0.717) is 17.8 Å². The van der Waals surface area contributed by atoms with Gasteiger partial charge < -0.3 is 0 Å². The van der Waals surface area contributed by atoms with Crippen molar-refractivity contribution in [2.24, 2.45) is 23.7 Å². The van der Waals surface area contributed by atoms with Crippen molar-refractivity contribution < 1.29 is 0 Å². The van der Waals surface area contributed by atoms with Crippen LogP contribution >= 0.6 is 0 Å². The summed E-state index contributed by atoms with van der Waals surface area (Å²) in [7, 11) is 12.6. The summed E-state index contributed by atoms with van der Waals surface area (Å²) in [5.41, 5.74) is 0. The minimum Gasteiger partial charge on any atom is -0.0774 e. The highest BCUT2D eigenvalue weighted by Gasteiger charge is 2.54. The van der Waals surface area contributed by atoms with E-state index in [0.717, 1.165) is 5.92 Å². The van der Waals surface area contributed by atoms with Crippen molar-refractivity contribution >= 4 is 15.7 Å². The summed E-state index contributed by atoms with van der Waals surface area (Å²) >= 11 is 0. The van der Waals surface area contributed by atoms with Crippen molar-refractivity contribution in [1.82, 2.24) is 0 Å². The van der Waals surface area contributed by atoms with Crippen LogP contribution in [0, 0.1) is 23.7 Å². The van der Waals surface area contributed by atoms with Gasteiger partial charge in [0, 0.05) is 0 Å². The van der Waals surface area contributed by atoms with Crippen molar-refractivity contribution in [3.05, 3.63) is 0 Å². The third-order valence-corrected chi connectivity index (χ3v) is 4.43. The van der Waals surface area contributed by atoms with E-state index in [1.54, 1.807) is 0 Å². The molecule has 0 aromatic heterocycles. The zero-order chi connectivity index (χ0) is 11.8. The molecule has 1 saturated carbocycles. The van der Waals surface area contributed by atoms with E-state index >= 15 is 0 Å². The summed E-state index contributed by atoms with van der Waals surface area (Å²) < 4.78 is 0. The Balaban J connectivity index is 2.76. The van der Waals surface area contributed by atoms with Gasteiger partial charge in [-0.25, -0.2) is 0 Å². The number of rotatable bonds is 5. The third-order valence-electron chi connectivity index (χ3n) is 4.43. The molecule has 0 bridgehead atoms. The van der Waals surface area contributed by atoms with E-state index in [4.69, 9.17) is 15.7 Å². The summed E-state index contributed by atoms with van der Waals surface area (Å²) in [5.74, 6) is 2.70. The minimum absolute atomic E-state index is 0.0793. The van der Waals surface area contributed by atoms with Crippen LogP contribution in [-0.2, 0) is 0 Å². The molecule has 0 spiro atoms. The van der Waals surface area contributed by atoms with Gasteiger partial charge in [0.25, 0.3) is 0 Å². The lowest BCUT2D eigenvalue weighted by Gasteiger charge is -2.37. The molecule has 0 aromatic rings. The molecule has 5 unspecified atom stereocenters. The predicted octanol–water partition coefficient (Wildman–Crippen LogP) is 3.63. The molecular formula is C13H24B2. The van der Waals surface area contributed by atoms with E-state index in [9.17, 15) is 0 Å². The first-order valence-corrected chi connectivity index (χ1v) is 6.39. The molecule has 0 N–H and O–H groups in total. The molecule has 2 heteroatoms. The first kappa shape index (κ1) is 13.2. The smallest absolute Gasteiger partial charge is 0.0754 e. The van der Waals surface area contributed by atoms with Crippen molar-refractivity contribution in [2.45, 2.75) is 58.6 Å². The first-order chi connectivity index (χ1) is 6.84. The summed E-state index contributed by atoms with van der Waals surface area (Å²) in [6.45, 7) is 11.2. The molecule has 1 fully saturated rings. The first-order valence-electron chi connectivity index (χ1n) is 6.39. The molecule has 0 aromatic carbocycles. The molecular weight excluding hydrogens is 178 g/mol. The second-order valence-electron chi connectivity index (χ2n) is 5.91. The summed E-state index contributed by atoms with van der Waals surface area (Å²) in [5, 5.41) is 0.0793. The van der Waals surface area contributed by atoms with Crippen LogP contribution in [0.4, 0.5) is 0 Å². The lowest BCUT2D eigenvalue weighted by molar-refractivity contribution is 0.230. The molecule has 0 saturated heterocycles. The van der Waals surface area contributed by atoms with Crippen LogP contribution in [0.25, 0.3) is 0 Å². The van der Waals surface area contributed by atoms with E-state index in [2.05, 4.69) is 34.6 Å². The van der Waals surface area contributed by atoms with Crippen LogP contribution in [0.3, 0.4) is 0 Å². The maximum atomic E-state index is 6.53. The van der Waals surface area contributed by atoms with E-state index < -0.39 is 0 Å². The molecule has 0 amide bonds. The second-order valence-corrected chi connectivity index (χ2v) is 5.91. The average molecular weight is 202 g/mol. The van der Waals surface area contributed by atoms with Crippen molar-refractivity contribution in [3.63, 3.8) is 0 Å². The van der Waals surface area contributed by atoms with Crippen LogP contribution < -0.4 is 0 Å². The van der Waals surface area contributed by atoms with Gasteiger partial charge in [-0.2, -0.15) is 0 Å². The maximum absolute atomic E-state index is 6.53. The summed E-state index contributed by atoms with van der Waals surface area (Å²) in [4.78, 5) is 0. The van der Waals surface area contributed by atoms with Gasteiger partial charge in [-0.1, -0.05) is 58.6 Å². The fraction of sp³-hybridized carbons (Fsp3) is 1.00. The highest BCUT2D eigenvalue weighted by molar-refractivity contribution is 6.18. The molecule has 0 nitrogen and oxygen atoms in total. The number of hydrogen-bond acceptors (Lipinski definition) is 0. The second kappa shape index (κ2) is 4.55. The van der Waals surface area contributed by atoms with E-state index in [-0.39, 0.29) is 11.1 Å². The average Bonchev–Trinajstić information content (AvgIpc) is 2.76. The van der Waals surface area contributed by atoms with Gasteiger partial charge in [0.15, 0.2) is 0 Å². The zero-order valence-electron chi connectivity index (χ0n) is 11.0. The maximum Gasteiger partial charge on any atom is 0.0754 e. The Kier molecular flexibility index (Phi) is 4.01. The van der Waals surface area contributed by atoms with Gasteiger partial charge in [0.1, 0.15) is 0 Å². The standard InChI is InChI=1S/C13H24B2/c1-6-11-7-13(11,15)12(8(2)3)9(4)10(5)14/h8-12H,6-7H2,1-5H3. The normalized spacial score (nSPS) is 36.3. The Morgan fingerprint density at radius 1 is 1.27 bits per heavy atom. The fourth-order valence-corrected chi connectivity index (χ4v) is 3.34. The minimum atomic E-state index is 0.0793. The SMILES string of the molecule is [B]C(C)C(C)C(C(C)C)C1([B])CC1CC.